The first-order valence-corrected chi connectivity index (χ1v) is 6.95. The number of hydrogen-bond acceptors (Lipinski definition) is 6. The van der Waals surface area contributed by atoms with Crippen LogP contribution < -0.4 is 5.32 Å². The Morgan fingerprint density at radius 1 is 1.48 bits per heavy atom. The van der Waals surface area contributed by atoms with Crippen LogP contribution >= 0.6 is 0 Å². The average Bonchev–Trinajstić information content (AvgIpc) is 2.97. The quantitative estimate of drug-likeness (QED) is 0.688. The van der Waals surface area contributed by atoms with Gasteiger partial charge in [0.05, 0.1) is 4.92 Å². The van der Waals surface area contributed by atoms with Gasteiger partial charge in [0, 0.05) is 29.7 Å². The molecule has 1 unspecified atom stereocenters. The molecule has 1 aromatic carbocycles. The minimum Gasteiger partial charge on any atom is -0.334 e. The van der Waals surface area contributed by atoms with Crippen LogP contribution in [0.2, 0.25) is 0 Å². The summed E-state index contributed by atoms with van der Waals surface area (Å²) in [4.78, 5) is 14.9. The maximum Gasteiger partial charge on any atom is 0.272 e. The smallest absolute Gasteiger partial charge is 0.272 e. The van der Waals surface area contributed by atoms with Gasteiger partial charge in [0.1, 0.15) is 0 Å². The first kappa shape index (κ1) is 13.7. The summed E-state index contributed by atoms with van der Waals surface area (Å²) in [7, 11) is 0. The van der Waals surface area contributed by atoms with Crippen molar-refractivity contribution in [2.45, 2.75) is 25.7 Å². The molecule has 0 amide bonds. The van der Waals surface area contributed by atoms with E-state index in [1.165, 1.54) is 6.07 Å². The van der Waals surface area contributed by atoms with Crippen LogP contribution in [0.5, 0.6) is 0 Å². The molecular weight excluding hydrogens is 272 g/mol. The molecule has 7 heteroatoms. The summed E-state index contributed by atoms with van der Waals surface area (Å²) in [6, 6.07) is 4.81. The Morgan fingerprint density at radius 2 is 2.33 bits per heavy atom. The van der Waals surface area contributed by atoms with Crippen LogP contribution in [0.4, 0.5) is 5.69 Å². The molecule has 1 aliphatic heterocycles. The summed E-state index contributed by atoms with van der Waals surface area (Å²) < 4.78 is 5.30. The van der Waals surface area contributed by atoms with Crippen LogP contribution in [0.1, 0.15) is 30.1 Å². The molecule has 1 saturated heterocycles. The van der Waals surface area contributed by atoms with Crippen LogP contribution in [0, 0.1) is 17.0 Å². The molecule has 0 aliphatic carbocycles. The minimum absolute atomic E-state index is 0.0926. The molecule has 1 aromatic heterocycles. The molecule has 0 saturated carbocycles. The summed E-state index contributed by atoms with van der Waals surface area (Å²) in [5.41, 5.74) is 1.38. The maximum atomic E-state index is 10.8. The predicted molar refractivity (Wildman–Crippen MR) is 76.0 cm³/mol. The number of nitrogens with one attached hydrogen (secondary N) is 1. The number of nitro groups is 1. The van der Waals surface area contributed by atoms with Crippen molar-refractivity contribution in [1.82, 2.24) is 15.5 Å². The largest absolute Gasteiger partial charge is 0.334 e. The lowest BCUT2D eigenvalue weighted by Gasteiger charge is -2.19. The molecule has 2 aromatic rings. The molecule has 1 fully saturated rings. The molecule has 110 valence electrons. The number of piperidine rings is 1. The minimum atomic E-state index is -0.397. The van der Waals surface area contributed by atoms with Gasteiger partial charge in [-0.05, 0) is 38.4 Å². The van der Waals surface area contributed by atoms with Crippen LogP contribution in [0.3, 0.4) is 0 Å². The van der Waals surface area contributed by atoms with Gasteiger partial charge in [0.2, 0.25) is 0 Å². The fraction of sp³-hybridized carbons (Fsp3) is 0.429. The Balaban J connectivity index is 1.85. The fourth-order valence-corrected chi connectivity index (χ4v) is 2.58. The van der Waals surface area contributed by atoms with Crippen molar-refractivity contribution in [1.29, 1.82) is 0 Å². The van der Waals surface area contributed by atoms with Gasteiger partial charge in [-0.15, -0.1) is 0 Å². The van der Waals surface area contributed by atoms with E-state index in [-0.39, 0.29) is 11.6 Å². The van der Waals surface area contributed by atoms with Gasteiger partial charge in [-0.3, -0.25) is 10.1 Å². The van der Waals surface area contributed by atoms with Gasteiger partial charge in [-0.25, -0.2) is 0 Å². The summed E-state index contributed by atoms with van der Waals surface area (Å²) in [5, 5.41) is 18.2. The third-order valence-corrected chi connectivity index (χ3v) is 3.74. The maximum absolute atomic E-state index is 10.8. The second-order valence-corrected chi connectivity index (χ2v) is 5.26. The van der Waals surface area contributed by atoms with E-state index >= 15 is 0 Å². The van der Waals surface area contributed by atoms with Crippen LogP contribution in [-0.4, -0.2) is 28.2 Å². The first-order valence-electron chi connectivity index (χ1n) is 6.95. The van der Waals surface area contributed by atoms with Gasteiger partial charge < -0.3 is 9.84 Å². The van der Waals surface area contributed by atoms with Crippen LogP contribution in [0.25, 0.3) is 11.5 Å². The van der Waals surface area contributed by atoms with Crippen molar-refractivity contribution in [3.05, 3.63) is 39.7 Å². The van der Waals surface area contributed by atoms with E-state index in [4.69, 9.17) is 4.52 Å². The van der Waals surface area contributed by atoms with Gasteiger partial charge in [0.25, 0.3) is 11.6 Å². The van der Waals surface area contributed by atoms with E-state index in [0.29, 0.717) is 22.8 Å². The zero-order valence-electron chi connectivity index (χ0n) is 11.7. The van der Waals surface area contributed by atoms with E-state index in [2.05, 4.69) is 15.5 Å². The van der Waals surface area contributed by atoms with Crippen molar-refractivity contribution in [2.75, 3.05) is 13.1 Å². The third-order valence-electron chi connectivity index (χ3n) is 3.74. The lowest BCUT2D eigenvalue weighted by molar-refractivity contribution is -0.385. The first-order chi connectivity index (χ1) is 10.1. The van der Waals surface area contributed by atoms with Crippen molar-refractivity contribution in [3.63, 3.8) is 0 Å². The molecule has 3 rings (SSSR count). The number of rotatable bonds is 3. The van der Waals surface area contributed by atoms with E-state index in [9.17, 15) is 10.1 Å². The predicted octanol–water partition coefficient (Wildman–Crippen LogP) is 2.42. The topological polar surface area (TPSA) is 94.1 Å². The second kappa shape index (κ2) is 5.61. The molecule has 1 aliphatic rings. The molecule has 1 atom stereocenters. The summed E-state index contributed by atoms with van der Waals surface area (Å²) >= 11 is 0. The molecule has 0 spiro atoms. The highest BCUT2D eigenvalue weighted by Gasteiger charge is 2.21. The van der Waals surface area contributed by atoms with Crippen molar-refractivity contribution < 1.29 is 9.45 Å². The highest BCUT2D eigenvalue weighted by atomic mass is 16.6. The number of benzene rings is 1. The van der Waals surface area contributed by atoms with Gasteiger partial charge in [-0.1, -0.05) is 5.16 Å². The van der Waals surface area contributed by atoms with Crippen LogP contribution in [0.15, 0.2) is 22.7 Å². The molecule has 0 radical (unpaired) electrons. The van der Waals surface area contributed by atoms with Gasteiger partial charge in [0.15, 0.2) is 5.82 Å². The zero-order valence-corrected chi connectivity index (χ0v) is 11.7. The Morgan fingerprint density at radius 3 is 3.00 bits per heavy atom. The van der Waals surface area contributed by atoms with E-state index in [0.717, 1.165) is 25.9 Å². The molecule has 7 nitrogen and oxygen atoms in total. The summed E-state index contributed by atoms with van der Waals surface area (Å²) in [6.07, 6.45) is 2.15. The Labute approximate surface area is 121 Å². The molecular formula is C14H16N4O3. The number of aryl methyl sites for hydroxylation is 1. The van der Waals surface area contributed by atoms with E-state index < -0.39 is 4.92 Å². The highest BCUT2D eigenvalue weighted by Crippen LogP contribution is 2.27. The third kappa shape index (κ3) is 2.78. The Kier molecular flexibility index (Phi) is 3.66. The highest BCUT2D eigenvalue weighted by molar-refractivity contribution is 5.58. The van der Waals surface area contributed by atoms with Gasteiger partial charge >= 0.3 is 0 Å². The normalized spacial score (nSPS) is 18.6. The summed E-state index contributed by atoms with van der Waals surface area (Å²) in [6.45, 7) is 3.59. The average molecular weight is 288 g/mol. The number of nitrogens with zero attached hydrogens (tertiary/aromatic N) is 3. The van der Waals surface area contributed by atoms with E-state index in [1.807, 2.05) is 0 Å². The zero-order chi connectivity index (χ0) is 14.8. The Hall–Kier alpha value is -2.28. The van der Waals surface area contributed by atoms with Gasteiger partial charge in [-0.2, -0.15) is 4.98 Å². The molecule has 1 N–H and O–H groups in total. The second-order valence-electron chi connectivity index (χ2n) is 5.26. The molecule has 21 heavy (non-hydrogen) atoms. The standard InChI is InChI=1S/C14H16N4O3/c1-9-7-10(4-5-12(9)18(19)20)14-16-13(17-21-14)11-3-2-6-15-8-11/h4-5,7,11,15H,2-3,6,8H2,1H3. The lowest BCUT2D eigenvalue weighted by Crippen LogP contribution is -2.28. The van der Waals surface area contributed by atoms with Crippen molar-refractivity contribution >= 4 is 5.69 Å². The lowest BCUT2D eigenvalue weighted by atomic mass is 9.99. The number of hydrogen-bond donors (Lipinski definition) is 1. The number of aromatic nitrogens is 2. The van der Waals surface area contributed by atoms with Crippen molar-refractivity contribution in [2.24, 2.45) is 0 Å². The molecule has 0 bridgehead atoms. The summed E-state index contributed by atoms with van der Waals surface area (Å²) in [5.74, 6) is 1.39. The Bertz CT molecular complexity index is 662. The van der Waals surface area contributed by atoms with Crippen molar-refractivity contribution in [3.8, 4) is 11.5 Å². The molecule has 2 heterocycles. The number of nitro benzene ring substituents is 1. The fourth-order valence-electron chi connectivity index (χ4n) is 2.58. The van der Waals surface area contributed by atoms with E-state index in [1.54, 1.807) is 19.1 Å². The van der Waals surface area contributed by atoms with Crippen LogP contribution in [-0.2, 0) is 0 Å². The monoisotopic (exact) mass is 288 g/mol. The SMILES string of the molecule is Cc1cc(-c2nc(C3CCCNC3)no2)ccc1[N+](=O)[O-].